The summed E-state index contributed by atoms with van der Waals surface area (Å²) in [5, 5.41) is 0. The number of rotatable bonds is 4. The Morgan fingerprint density at radius 2 is 1.88 bits per heavy atom. The van der Waals surface area contributed by atoms with Crippen LogP contribution in [0.5, 0.6) is 0 Å². The number of benzene rings is 1. The van der Waals surface area contributed by atoms with Gasteiger partial charge in [0.25, 0.3) is 0 Å². The summed E-state index contributed by atoms with van der Waals surface area (Å²) in [4.78, 5) is 22.6. The summed E-state index contributed by atoms with van der Waals surface area (Å²) in [5.74, 6) is -1.97. The second kappa shape index (κ2) is 6.12. The molecule has 0 radical (unpaired) electrons. The van der Waals surface area contributed by atoms with E-state index in [1.54, 1.807) is 0 Å². The van der Waals surface area contributed by atoms with Crippen molar-refractivity contribution in [2.45, 2.75) is 0 Å². The van der Waals surface area contributed by atoms with Gasteiger partial charge in [0, 0.05) is 0 Å². The number of esters is 2. The second-order valence-corrected chi connectivity index (χ2v) is 3.82. The number of hydrogen-bond acceptors (Lipinski definition) is 5. The molecule has 0 heterocycles. The monoisotopic (exact) mass is 258 g/mol. The van der Waals surface area contributed by atoms with E-state index in [9.17, 15) is 13.8 Å². The van der Waals surface area contributed by atoms with Crippen LogP contribution < -0.4 is 0 Å². The summed E-state index contributed by atoms with van der Waals surface area (Å²) in [6.07, 6.45) is 0. The molecule has 0 aliphatic heterocycles. The lowest BCUT2D eigenvalue weighted by Gasteiger charge is -2.03. The Kier molecular flexibility index (Phi) is 4.80. The van der Waals surface area contributed by atoms with Crippen LogP contribution in [0.1, 0.15) is 20.7 Å². The third-order valence-corrected chi connectivity index (χ3v) is 2.13. The predicted octanol–water partition coefficient (Wildman–Crippen LogP) is 0.809. The van der Waals surface area contributed by atoms with Crippen LogP contribution in [0, 0.1) is 0 Å². The van der Waals surface area contributed by atoms with Gasteiger partial charge in [-0.25, -0.2) is 13.8 Å². The molecule has 0 aliphatic carbocycles. The van der Waals surface area contributed by atoms with Gasteiger partial charge in [0.05, 0.1) is 18.2 Å². The van der Waals surface area contributed by atoms with Crippen LogP contribution in [-0.2, 0) is 20.6 Å². The highest BCUT2D eigenvalue weighted by molar-refractivity contribution is 7.79. The van der Waals surface area contributed by atoms with Gasteiger partial charge in [-0.1, -0.05) is 6.07 Å². The quantitative estimate of drug-likeness (QED) is 0.635. The van der Waals surface area contributed by atoms with Crippen molar-refractivity contribution in [3.63, 3.8) is 0 Å². The number of ether oxygens (including phenoxy) is 2. The van der Waals surface area contributed by atoms with Crippen LogP contribution in [0.4, 0.5) is 0 Å². The summed E-state index contributed by atoms with van der Waals surface area (Å²) < 4.78 is 27.8. The van der Waals surface area contributed by atoms with Crippen molar-refractivity contribution in [2.24, 2.45) is 0 Å². The van der Waals surface area contributed by atoms with Gasteiger partial charge in [-0.3, -0.25) is 0 Å². The van der Waals surface area contributed by atoms with Gasteiger partial charge in [0.15, 0.2) is 17.0 Å². The molecule has 1 N–H and O–H groups in total. The van der Waals surface area contributed by atoms with Crippen molar-refractivity contribution in [1.29, 1.82) is 0 Å². The maximum atomic E-state index is 11.4. The summed E-state index contributed by atoms with van der Waals surface area (Å²) in [7, 11) is 1.22. The lowest BCUT2D eigenvalue weighted by Crippen LogP contribution is -2.10. The molecule has 0 aromatic heterocycles. The average molecular weight is 258 g/mol. The molecule has 1 aromatic rings. The van der Waals surface area contributed by atoms with E-state index >= 15 is 0 Å². The zero-order chi connectivity index (χ0) is 12.8. The first-order valence-corrected chi connectivity index (χ1v) is 5.75. The molecule has 6 nitrogen and oxygen atoms in total. The molecular formula is C10H10O6S. The summed E-state index contributed by atoms with van der Waals surface area (Å²) in [6.45, 7) is 0. The molecule has 0 aliphatic rings. The van der Waals surface area contributed by atoms with Crippen LogP contribution in [0.2, 0.25) is 0 Å². The van der Waals surface area contributed by atoms with Gasteiger partial charge in [-0.05, 0) is 18.2 Å². The third-order valence-electron chi connectivity index (χ3n) is 1.81. The van der Waals surface area contributed by atoms with Gasteiger partial charge in [-0.2, -0.15) is 0 Å². The fourth-order valence-electron chi connectivity index (χ4n) is 1.08. The lowest BCUT2D eigenvalue weighted by atomic mass is 10.1. The SMILES string of the molecule is COC(=O)c1cccc(C(=O)OCS(=O)O)c1. The van der Waals surface area contributed by atoms with Gasteiger partial charge in [0.1, 0.15) is 0 Å². The van der Waals surface area contributed by atoms with E-state index in [0.717, 1.165) is 0 Å². The van der Waals surface area contributed by atoms with E-state index in [2.05, 4.69) is 9.47 Å². The van der Waals surface area contributed by atoms with Gasteiger partial charge in [0.2, 0.25) is 0 Å². The molecule has 1 atom stereocenters. The molecule has 17 heavy (non-hydrogen) atoms. The fraction of sp³-hybridized carbons (Fsp3) is 0.200. The first-order chi connectivity index (χ1) is 8.04. The number of hydrogen-bond donors (Lipinski definition) is 1. The first-order valence-electron chi connectivity index (χ1n) is 4.47. The largest absolute Gasteiger partial charge is 0.465 e. The van der Waals surface area contributed by atoms with Crippen molar-refractivity contribution in [1.82, 2.24) is 0 Å². The van der Waals surface area contributed by atoms with Crippen molar-refractivity contribution >= 4 is 23.0 Å². The topological polar surface area (TPSA) is 89.9 Å². The summed E-state index contributed by atoms with van der Waals surface area (Å²) >= 11 is -2.21. The first kappa shape index (κ1) is 13.3. The smallest absolute Gasteiger partial charge is 0.339 e. The van der Waals surface area contributed by atoms with E-state index in [0.29, 0.717) is 0 Å². The molecule has 0 saturated heterocycles. The molecular weight excluding hydrogens is 248 g/mol. The Morgan fingerprint density at radius 1 is 1.29 bits per heavy atom. The van der Waals surface area contributed by atoms with Crippen LogP contribution in [0.25, 0.3) is 0 Å². The van der Waals surface area contributed by atoms with Crippen LogP contribution in [0.3, 0.4) is 0 Å². The molecule has 0 saturated carbocycles. The van der Waals surface area contributed by atoms with E-state index < -0.39 is 29.0 Å². The predicted molar refractivity (Wildman–Crippen MR) is 58.8 cm³/mol. The molecule has 0 amide bonds. The van der Waals surface area contributed by atoms with Crippen LogP contribution >= 0.6 is 0 Å². The molecule has 1 rings (SSSR count). The molecule has 92 valence electrons. The minimum Gasteiger partial charge on any atom is -0.465 e. The maximum absolute atomic E-state index is 11.4. The Hall–Kier alpha value is -1.73. The van der Waals surface area contributed by atoms with Crippen molar-refractivity contribution in [2.75, 3.05) is 13.0 Å². The standard InChI is InChI=1S/C10H10O6S/c1-15-9(11)7-3-2-4-8(5-7)10(12)16-6-17(13)14/h2-5H,6H2,1H3,(H,13,14). The van der Waals surface area contributed by atoms with Crippen LogP contribution in [0.15, 0.2) is 24.3 Å². The zero-order valence-corrected chi connectivity index (χ0v) is 9.73. The molecule has 0 bridgehead atoms. The highest BCUT2D eigenvalue weighted by atomic mass is 32.2. The van der Waals surface area contributed by atoms with E-state index in [-0.39, 0.29) is 11.1 Å². The van der Waals surface area contributed by atoms with Crippen LogP contribution in [-0.4, -0.2) is 33.7 Å². The average Bonchev–Trinajstić information content (AvgIpc) is 2.35. The Balaban J connectivity index is 2.80. The zero-order valence-electron chi connectivity index (χ0n) is 8.91. The summed E-state index contributed by atoms with van der Waals surface area (Å²) in [5.41, 5.74) is 0.311. The second-order valence-electron chi connectivity index (χ2n) is 2.94. The van der Waals surface area contributed by atoms with Crippen molar-refractivity contribution in [3.05, 3.63) is 35.4 Å². The number of carbonyl (C=O) groups is 2. The highest BCUT2D eigenvalue weighted by Gasteiger charge is 2.12. The molecule has 1 unspecified atom stereocenters. The van der Waals surface area contributed by atoms with Crippen molar-refractivity contribution in [3.8, 4) is 0 Å². The molecule has 0 spiro atoms. The van der Waals surface area contributed by atoms with Crippen molar-refractivity contribution < 1.29 is 27.8 Å². The molecule has 0 fully saturated rings. The Morgan fingerprint density at radius 3 is 2.41 bits per heavy atom. The number of carbonyl (C=O) groups excluding carboxylic acids is 2. The third kappa shape index (κ3) is 3.97. The fourth-order valence-corrected chi connectivity index (χ4v) is 1.29. The van der Waals surface area contributed by atoms with E-state index in [1.165, 1.54) is 31.4 Å². The normalized spacial score (nSPS) is 11.6. The lowest BCUT2D eigenvalue weighted by molar-refractivity contribution is 0.0570. The minimum atomic E-state index is -2.21. The van der Waals surface area contributed by atoms with Gasteiger partial charge >= 0.3 is 11.9 Å². The maximum Gasteiger partial charge on any atom is 0.339 e. The van der Waals surface area contributed by atoms with Gasteiger partial charge in [-0.15, -0.1) is 0 Å². The van der Waals surface area contributed by atoms with E-state index in [1.807, 2.05) is 0 Å². The highest BCUT2D eigenvalue weighted by Crippen LogP contribution is 2.08. The summed E-state index contributed by atoms with van der Waals surface area (Å²) in [6, 6.07) is 5.68. The Labute approximate surface area is 99.8 Å². The van der Waals surface area contributed by atoms with E-state index in [4.69, 9.17) is 4.55 Å². The molecule has 1 aromatic carbocycles. The minimum absolute atomic E-state index is 0.110. The molecule has 7 heteroatoms. The van der Waals surface area contributed by atoms with Gasteiger partial charge < -0.3 is 14.0 Å². The number of methoxy groups -OCH3 is 1. The Bertz CT molecular complexity index is 456.